The second-order valence-electron chi connectivity index (χ2n) is 2.54. The van der Waals surface area contributed by atoms with Gasteiger partial charge in [-0.3, -0.25) is 0 Å². The van der Waals surface area contributed by atoms with Gasteiger partial charge in [-0.1, -0.05) is 0 Å². The van der Waals surface area contributed by atoms with Gasteiger partial charge in [0.05, 0.1) is 12.7 Å². The van der Waals surface area contributed by atoms with E-state index in [1.165, 1.54) is 22.6 Å². The average Bonchev–Trinajstić information content (AvgIpc) is 2.14. The van der Waals surface area contributed by atoms with Crippen molar-refractivity contribution in [3.05, 3.63) is 27.1 Å². The molecule has 0 aliphatic rings. The van der Waals surface area contributed by atoms with Crippen LogP contribution >= 0.6 is 22.6 Å². The number of rotatable bonds is 1. The molecular formula is C8H5F3INO2. The molecule has 0 fully saturated rings. The van der Waals surface area contributed by atoms with Crippen molar-refractivity contribution in [2.75, 3.05) is 7.11 Å². The van der Waals surface area contributed by atoms with E-state index in [4.69, 9.17) is 0 Å². The maximum Gasteiger partial charge on any atom is 0.418 e. The Balaban J connectivity index is 3.15. The number of methoxy groups -OCH3 is 1. The lowest BCUT2D eigenvalue weighted by atomic mass is 10.2. The number of nitrogens with zero attached hydrogens (tertiary/aromatic N) is 1. The predicted molar refractivity (Wildman–Crippen MR) is 53.3 cm³/mol. The van der Waals surface area contributed by atoms with Crippen LogP contribution < -0.4 is 0 Å². The number of hydrogen-bond acceptors (Lipinski definition) is 3. The molecule has 0 N–H and O–H groups in total. The second kappa shape index (κ2) is 4.33. The van der Waals surface area contributed by atoms with Gasteiger partial charge < -0.3 is 4.74 Å². The Morgan fingerprint density at radius 3 is 2.53 bits per heavy atom. The molecule has 7 heteroatoms. The predicted octanol–water partition coefficient (Wildman–Crippen LogP) is 2.49. The summed E-state index contributed by atoms with van der Waals surface area (Å²) in [7, 11) is 1.13. The number of esters is 1. The molecule has 0 atom stereocenters. The summed E-state index contributed by atoms with van der Waals surface area (Å²) in [4.78, 5) is 14.3. The summed E-state index contributed by atoms with van der Waals surface area (Å²) in [6, 6.07) is 1.04. The minimum Gasteiger partial charge on any atom is -0.464 e. The van der Waals surface area contributed by atoms with Crippen LogP contribution in [0.3, 0.4) is 0 Å². The van der Waals surface area contributed by atoms with Gasteiger partial charge in [-0.25, -0.2) is 9.78 Å². The smallest absolute Gasteiger partial charge is 0.418 e. The van der Waals surface area contributed by atoms with Crippen molar-refractivity contribution in [3.8, 4) is 0 Å². The third-order valence-corrected chi connectivity index (χ3v) is 2.45. The first kappa shape index (κ1) is 12.2. The average molecular weight is 331 g/mol. The Morgan fingerprint density at radius 2 is 2.13 bits per heavy atom. The van der Waals surface area contributed by atoms with E-state index in [2.05, 4.69) is 9.72 Å². The highest BCUT2D eigenvalue weighted by Crippen LogP contribution is 2.32. The molecule has 0 bridgehead atoms. The molecule has 3 nitrogen and oxygen atoms in total. The van der Waals surface area contributed by atoms with Crippen LogP contribution in [0.2, 0.25) is 0 Å². The van der Waals surface area contributed by atoms with E-state index in [1.807, 2.05) is 0 Å². The normalized spacial score (nSPS) is 11.3. The van der Waals surface area contributed by atoms with Crippen molar-refractivity contribution in [2.24, 2.45) is 0 Å². The summed E-state index contributed by atoms with van der Waals surface area (Å²) in [5.41, 5.74) is -1.01. The molecule has 82 valence electrons. The molecule has 1 aromatic rings. The van der Waals surface area contributed by atoms with Gasteiger partial charge in [-0.05, 0) is 28.7 Å². The van der Waals surface area contributed by atoms with E-state index in [1.54, 1.807) is 0 Å². The van der Waals surface area contributed by atoms with E-state index in [0.717, 1.165) is 13.2 Å². The highest BCUT2D eigenvalue weighted by Gasteiger charge is 2.33. The lowest BCUT2D eigenvalue weighted by Crippen LogP contribution is -2.11. The minimum atomic E-state index is -4.46. The molecule has 0 aliphatic carbocycles. The van der Waals surface area contributed by atoms with Crippen molar-refractivity contribution < 1.29 is 22.7 Å². The van der Waals surface area contributed by atoms with Crippen LogP contribution in [0.15, 0.2) is 12.3 Å². The number of carbonyl (C=O) groups excluding carboxylic acids is 1. The summed E-state index contributed by atoms with van der Waals surface area (Å²) in [6.07, 6.45) is -3.84. The van der Waals surface area contributed by atoms with E-state index in [9.17, 15) is 18.0 Å². The number of alkyl halides is 3. The van der Waals surface area contributed by atoms with Crippen LogP contribution in [0.4, 0.5) is 13.2 Å². The lowest BCUT2D eigenvalue weighted by Gasteiger charge is -2.08. The fourth-order valence-electron chi connectivity index (χ4n) is 0.856. The molecule has 0 saturated carbocycles. The van der Waals surface area contributed by atoms with Crippen molar-refractivity contribution in [1.82, 2.24) is 4.98 Å². The van der Waals surface area contributed by atoms with Gasteiger partial charge >= 0.3 is 12.1 Å². The molecule has 0 saturated heterocycles. The van der Waals surface area contributed by atoms with Crippen LogP contribution in [0.1, 0.15) is 16.1 Å². The van der Waals surface area contributed by atoms with Crippen molar-refractivity contribution in [1.29, 1.82) is 0 Å². The molecule has 0 spiro atoms. The van der Waals surface area contributed by atoms with Crippen molar-refractivity contribution in [3.63, 3.8) is 0 Å². The number of pyridine rings is 1. The summed E-state index contributed by atoms with van der Waals surface area (Å²) >= 11 is 1.49. The monoisotopic (exact) mass is 331 g/mol. The van der Waals surface area contributed by atoms with Crippen molar-refractivity contribution in [2.45, 2.75) is 6.18 Å². The molecule has 1 rings (SSSR count). The number of halogens is 4. The largest absolute Gasteiger partial charge is 0.464 e. The zero-order valence-electron chi connectivity index (χ0n) is 7.43. The Morgan fingerprint density at radius 1 is 1.53 bits per heavy atom. The summed E-state index contributed by atoms with van der Waals surface area (Å²) in [6.45, 7) is 0. The standard InChI is InChI=1S/C8H5F3INO2/c1-15-7(14)6-2-5(12)4(3-13-6)8(9,10)11/h2-3H,1H3. The first-order valence-electron chi connectivity index (χ1n) is 3.67. The molecule has 1 aromatic heterocycles. The highest BCUT2D eigenvalue weighted by atomic mass is 127. The van der Waals surface area contributed by atoms with Crippen LogP contribution in [0, 0.1) is 3.57 Å². The molecule has 0 aliphatic heterocycles. The summed E-state index contributed by atoms with van der Waals surface area (Å²) in [5, 5.41) is 0. The maximum absolute atomic E-state index is 12.3. The van der Waals surface area contributed by atoms with Crippen LogP contribution in [-0.2, 0) is 10.9 Å². The highest BCUT2D eigenvalue weighted by molar-refractivity contribution is 14.1. The molecular weight excluding hydrogens is 326 g/mol. The van der Waals surface area contributed by atoms with E-state index >= 15 is 0 Å². The maximum atomic E-state index is 12.3. The zero-order valence-corrected chi connectivity index (χ0v) is 9.59. The second-order valence-corrected chi connectivity index (χ2v) is 3.70. The SMILES string of the molecule is COC(=O)c1cc(I)c(C(F)(F)F)cn1. The number of aromatic nitrogens is 1. The Hall–Kier alpha value is -0.860. The quantitative estimate of drug-likeness (QED) is 0.586. The van der Waals surface area contributed by atoms with E-state index in [0.29, 0.717) is 6.20 Å². The Labute approximate surface area is 96.8 Å². The molecule has 0 unspecified atom stereocenters. The molecule has 0 aromatic carbocycles. The van der Waals surface area contributed by atoms with Gasteiger partial charge in [0, 0.05) is 9.77 Å². The van der Waals surface area contributed by atoms with Crippen LogP contribution in [0.25, 0.3) is 0 Å². The number of ether oxygens (including phenoxy) is 1. The summed E-state index contributed by atoms with van der Waals surface area (Å²) < 4.78 is 41.2. The fourth-order valence-corrected chi connectivity index (χ4v) is 1.60. The molecule has 1 heterocycles. The van der Waals surface area contributed by atoms with E-state index < -0.39 is 17.7 Å². The van der Waals surface area contributed by atoms with E-state index in [-0.39, 0.29) is 9.26 Å². The van der Waals surface area contributed by atoms with Crippen LogP contribution in [-0.4, -0.2) is 18.1 Å². The first-order valence-corrected chi connectivity index (χ1v) is 4.75. The third-order valence-electron chi connectivity index (χ3n) is 1.55. The number of hydrogen-bond donors (Lipinski definition) is 0. The Bertz CT molecular complexity index is 392. The van der Waals surface area contributed by atoms with Gasteiger partial charge in [0.25, 0.3) is 0 Å². The summed E-state index contributed by atoms with van der Waals surface area (Å²) in [5.74, 6) is -0.762. The number of carbonyl (C=O) groups is 1. The first-order chi connectivity index (χ1) is 6.86. The van der Waals surface area contributed by atoms with Gasteiger partial charge in [0.2, 0.25) is 0 Å². The Kier molecular flexibility index (Phi) is 3.53. The molecule has 15 heavy (non-hydrogen) atoms. The van der Waals surface area contributed by atoms with Gasteiger partial charge in [-0.2, -0.15) is 13.2 Å². The molecule has 0 amide bonds. The van der Waals surface area contributed by atoms with Gasteiger partial charge in [0.15, 0.2) is 0 Å². The molecule has 0 radical (unpaired) electrons. The zero-order chi connectivity index (χ0) is 11.6. The van der Waals surface area contributed by atoms with Gasteiger partial charge in [0.1, 0.15) is 5.69 Å². The minimum absolute atomic E-state index is 0.0875. The topological polar surface area (TPSA) is 39.2 Å². The lowest BCUT2D eigenvalue weighted by molar-refractivity contribution is -0.138. The third kappa shape index (κ3) is 2.80. The van der Waals surface area contributed by atoms with Crippen molar-refractivity contribution >= 4 is 28.6 Å². The fraction of sp³-hybridized carbons (Fsp3) is 0.250. The van der Waals surface area contributed by atoms with Crippen LogP contribution in [0.5, 0.6) is 0 Å². The van der Waals surface area contributed by atoms with Gasteiger partial charge in [-0.15, -0.1) is 0 Å².